The predicted molar refractivity (Wildman–Crippen MR) is 282 cm³/mol. The molecule has 0 fully saturated rings. The Morgan fingerprint density at radius 2 is 0.642 bits per heavy atom. The minimum atomic E-state index is 0.856. The van der Waals surface area contributed by atoms with Crippen LogP contribution in [0.25, 0.3) is 77.2 Å². The lowest BCUT2D eigenvalue weighted by Crippen LogP contribution is -2.11. The van der Waals surface area contributed by atoms with E-state index in [9.17, 15) is 0 Å². The third kappa shape index (κ3) is 7.69. The Morgan fingerprint density at radius 1 is 0.239 bits per heavy atom. The predicted octanol–water partition coefficient (Wildman–Crippen LogP) is 18.3. The average Bonchev–Trinajstić information content (AvgIpc) is 3.80. The molecule has 12 rings (SSSR count). The van der Waals surface area contributed by atoms with E-state index >= 15 is 0 Å². The standard InChI is InChI=1S/C64H44N2O/c1-4-16-45(17-5-1)48-34-37-55(38-35-48)65(59-39-36-53-40-52(32-33-54(53)44-59)47-20-8-3-9-21-47)56-25-13-23-50(42-56)51-24-14-27-58(43-51)66(57-26-12-22-49(41-57)46-18-6-2-7-19-46)61-29-15-31-63-64(61)60-28-10-11-30-62(60)67-63/h1-44H. The summed E-state index contributed by atoms with van der Waals surface area (Å²) in [6, 6.07) is 95.6. The molecule has 3 nitrogen and oxygen atoms in total. The number of rotatable bonds is 10. The van der Waals surface area contributed by atoms with Crippen LogP contribution in [0.2, 0.25) is 0 Å². The van der Waals surface area contributed by atoms with Crippen LogP contribution < -0.4 is 9.80 Å². The molecule has 3 heteroatoms. The number of anilines is 6. The first-order valence-corrected chi connectivity index (χ1v) is 22.8. The van der Waals surface area contributed by atoms with Gasteiger partial charge in [-0.15, -0.1) is 0 Å². The summed E-state index contributed by atoms with van der Waals surface area (Å²) in [6.07, 6.45) is 0. The molecule has 0 bridgehead atoms. The molecule has 0 atom stereocenters. The van der Waals surface area contributed by atoms with Gasteiger partial charge in [0, 0.05) is 33.8 Å². The molecule has 0 unspecified atom stereocenters. The molecular weight excluding hydrogens is 813 g/mol. The lowest BCUT2D eigenvalue weighted by Gasteiger charge is -2.28. The number of nitrogens with zero attached hydrogens (tertiary/aromatic N) is 2. The fourth-order valence-electron chi connectivity index (χ4n) is 9.54. The Kier molecular flexibility index (Phi) is 10.2. The molecule has 0 N–H and O–H groups in total. The van der Waals surface area contributed by atoms with Gasteiger partial charge in [0.1, 0.15) is 11.2 Å². The normalized spacial score (nSPS) is 11.3. The molecule has 0 aliphatic carbocycles. The van der Waals surface area contributed by atoms with Crippen LogP contribution in [0.15, 0.2) is 271 Å². The van der Waals surface area contributed by atoms with Crippen molar-refractivity contribution >= 4 is 66.8 Å². The second-order valence-corrected chi connectivity index (χ2v) is 17.0. The molecule has 0 saturated heterocycles. The molecule has 1 heterocycles. The molecular formula is C64H44N2O. The zero-order chi connectivity index (χ0) is 44.5. The SMILES string of the molecule is c1ccc(-c2ccc(N(c3cccc(-c4cccc(N(c5cccc(-c6ccccc6)c5)c5cccc6oc7ccccc7c56)c4)c3)c3ccc4cc(-c5ccccc5)ccc4c3)cc2)cc1. The average molecular weight is 857 g/mol. The van der Waals surface area contributed by atoms with E-state index in [0.717, 1.165) is 72.8 Å². The maximum atomic E-state index is 6.45. The molecule has 0 radical (unpaired) electrons. The van der Waals surface area contributed by atoms with Crippen LogP contribution in [0.5, 0.6) is 0 Å². The van der Waals surface area contributed by atoms with Gasteiger partial charge in [0.2, 0.25) is 0 Å². The summed E-state index contributed by atoms with van der Waals surface area (Å²) in [5.41, 5.74) is 17.5. The third-order valence-electron chi connectivity index (χ3n) is 12.8. The molecule has 11 aromatic carbocycles. The molecule has 12 aromatic rings. The molecule has 1 aromatic heterocycles. The van der Waals surface area contributed by atoms with Gasteiger partial charge >= 0.3 is 0 Å². The zero-order valence-corrected chi connectivity index (χ0v) is 36.7. The smallest absolute Gasteiger partial charge is 0.137 e. The van der Waals surface area contributed by atoms with Crippen molar-refractivity contribution in [1.82, 2.24) is 0 Å². The van der Waals surface area contributed by atoms with Gasteiger partial charge in [-0.1, -0.05) is 182 Å². The summed E-state index contributed by atoms with van der Waals surface area (Å²) in [5, 5.41) is 4.55. The number of fused-ring (bicyclic) bond motifs is 4. The highest BCUT2D eigenvalue weighted by Crippen LogP contribution is 2.45. The zero-order valence-electron chi connectivity index (χ0n) is 36.7. The summed E-state index contributed by atoms with van der Waals surface area (Å²) in [6.45, 7) is 0. The van der Waals surface area contributed by atoms with Crippen molar-refractivity contribution in [2.45, 2.75) is 0 Å². The van der Waals surface area contributed by atoms with E-state index in [-0.39, 0.29) is 0 Å². The van der Waals surface area contributed by atoms with E-state index in [1.807, 2.05) is 12.1 Å². The highest BCUT2D eigenvalue weighted by molar-refractivity contribution is 6.13. The number of furan rings is 1. The minimum Gasteiger partial charge on any atom is -0.456 e. The lowest BCUT2D eigenvalue weighted by atomic mass is 10.00. The molecule has 67 heavy (non-hydrogen) atoms. The summed E-state index contributed by atoms with van der Waals surface area (Å²) >= 11 is 0. The second kappa shape index (κ2) is 17.2. The molecule has 0 saturated carbocycles. The molecule has 0 aliphatic heterocycles. The van der Waals surface area contributed by atoms with Crippen LogP contribution in [0.3, 0.4) is 0 Å². The van der Waals surface area contributed by atoms with E-state index in [0.29, 0.717) is 0 Å². The Balaban J connectivity index is 0.980. The van der Waals surface area contributed by atoms with Crippen molar-refractivity contribution in [3.63, 3.8) is 0 Å². The van der Waals surface area contributed by atoms with Gasteiger partial charge in [-0.3, -0.25) is 0 Å². The van der Waals surface area contributed by atoms with Gasteiger partial charge in [0.25, 0.3) is 0 Å². The molecule has 316 valence electrons. The van der Waals surface area contributed by atoms with Gasteiger partial charge in [0.15, 0.2) is 0 Å². The number of hydrogen-bond acceptors (Lipinski definition) is 3. The van der Waals surface area contributed by atoms with Crippen LogP contribution in [0.1, 0.15) is 0 Å². The first kappa shape index (κ1) is 39.7. The van der Waals surface area contributed by atoms with Gasteiger partial charge < -0.3 is 14.2 Å². The fourth-order valence-corrected chi connectivity index (χ4v) is 9.54. The van der Waals surface area contributed by atoms with Crippen LogP contribution in [-0.4, -0.2) is 0 Å². The summed E-state index contributed by atoms with van der Waals surface area (Å²) < 4.78 is 6.45. The maximum Gasteiger partial charge on any atom is 0.137 e. The van der Waals surface area contributed by atoms with E-state index in [1.165, 1.54) is 38.6 Å². The van der Waals surface area contributed by atoms with Gasteiger partial charge in [-0.05, 0) is 140 Å². The Hall–Kier alpha value is -8.92. The van der Waals surface area contributed by atoms with Crippen LogP contribution in [0, 0.1) is 0 Å². The summed E-state index contributed by atoms with van der Waals surface area (Å²) in [7, 11) is 0. The number of para-hydroxylation sites is 1. The Labute approximate surface area is 390 Å². The Bertz CT molecular complexity index is 3690. The van der Waals surface area contributed by atoms with Gasteiger partial charge in [-0.25, -0.2) is 0 Å². The van der Waals surface area contributed by atoms with Gasteiger partial charge in [0.05, 0.1) is 11.1 Å². The Morgan fingerprint density at radius 3 is 1.27 bits per heavy atom. The van der Waals surface area contributed by atoms with E-state index in [2.05, 4.69) is 265 Å². The number of benzene rings is 11. The van der Waals surface area contributed by atoms with Crippen molar-refractivity contribution in [3.05, 3.63) is 267 Å². The van der Waals surface area contributed by atoms with Gasteiger partial charge in [-0.2, -0.15) is 0 Å². The molecule has 0 amide bonds. The second-order valence-electron chi connectivity index (χ2n) is 17.0. The summed E-state index contributed by atoms with van der Waals surface area (Å²) in [5.74, 6) is 0. The quantitative estimate of drug-likeness (QED) is 0.137. The lowest BCUT2D eigenvalue weighted by molar-refractivity contribution is 0.669. The largest absolute Gasteiger partial charge is 0.456 e. The minimum absolute atomic E-state index is 0.856. The molecule has 0 aliphatic rings. The monoisotopic (exact) mass is 856 g/mol. The van der Waals surface area contributed by atoms with Crippen molar-refractivity contribution in [2.75, 3.05) is 9.80 Å². The first-order valence-electron chi connectivity index (χ1n) is 22.8. The van der Waals surface area contributed by atoms with E-state index < -0.39 is 0 Å². The maximum absolute atomic E-state index is 6.45. The van der Waals surface area contributed by atoms with Crippen LogP contribution >= 0.6 is 0 Å². The number of hydrogen-bond donors (Lipinski definition) is 0. The fraction of sp³-hybridized carbons (Fsp3) is 0. The highest BCUT2D eigenvalue weighted by atomic mass is 16.3. The van der Waals surface area contributed by atoms with Crippen molar-refractivity contribution in [1.29, 1.82) is 0 Å². The highest BCUT2D eigenvalue weighted by Gasteiger charge is 2.21. The summed E-state index contributed by atoms with van der Waals surface area (Å²) in [4.78, 5) is 4.75. The van der Waals surface area contributed by atoms with E-state index in [4.69, 9.17) is 4.42 Å². The van der Waals surface area contributed by atoms with Crippen LogP contribution in [-0.2, 0) is 0 Å². The molecule has 0 spiro atoms. The van der Waals surface area contributed by atoms with Crippen molar-refractivity contribution in [2.24, 2.45) is 0 Å². The van der Waals surface area contributed by atoms with Crippen molar-refractivity contribution in [3.8, 4) is 44.5 Å². The van der Waals surface area contributed by atoms with E-state index in [1.54, 1.807) is 0 Å². The van der Waals surface area contributed by atoms with Crippen LogP contribution in [0.4, 0.5) is 34.1 Å². The first-order chi connectivity index (χ1) is 33.2. The topological polar surface area (TPSA) is 19.6 Å². The van der Waals surface area contributed by atoms with Crippen molar-refractivity contribution < 1.29 is 4.42 Å². The third-order valence-corrected chi connectivity index (χ3v) is 12.8.